The van der Waals surface area contributed by atoms with Gasteiger partial charge in [-0.3, -0.25) is 4.79 Å². The Morgan fingerprint density at radius 3 is 2.64 bits per heavy atom. The summed E-state index contributed by atoms with van der Waals surface area (Å²) < 4.78 is 42.3. The van der Waals surface area contributed by atoms with Crippen molar-refractivity contribution < 1.29 is 22.7 Å². The smallest absolute Gasteiger partial charge is 0.417 e. The number of amides is 1. The van der Waals surface area contributed by atoms with E-state index in [0.29, 0.717) is 18.4 Å². The Labute approximate surface area is 126 Å². The third kappa shape index (κ3) is 3.18. The van der Waals surface area contributed by atoms with Crippen LogP contribution in [0.2, 0.25) is 0 Å². The van der Waals surface area contributed by atoms with Crippen molar-refractivity contribution in [1.29, 1.82) is 0 Å². The summed E-state index contributed by atoms with van der Waals surface area (Å²) >= 11 is 0. The minimum absolute atomic E-state index is 0.0682. The van der Waals surface area contributed by atoms with Crippen molar-refractivity contribution in [3.8, 4) is 5.88 Å². The molecule has 1 heterocycles. The number of aromatic nitrogens is 1. The van der Waals surface area contributed by atoms with Crippen LogP contribution in [0.25, 0.3) is 0 Å². The molecule has 1 N–H and O–H groups in total. The molecule has 1 aromatic rings. The molecule has 120 valence electrons. The van der Waals surface area contributed by atoms with Crippen LogP contribution in [0, 0.1) is 17.8 Å². The SMILES string of the molecule is O=C(NCCOc1ccc(C(F)(F)F)cn1)C1C2CCCC21. The number of hydrogen-bond acceptors (Lipinski definition) is 3. The summed E-state index contributed by atoms with van der Waals surface area (Å²) in [5.41, 5.74) is -0.812. The Kier molecular flexibility index (Phi) is 3.97. The number of carbonyl (C=O) groups is 1. The minimum Gasteiger partial charge on any atom is -0.476 e. The zero-order valence-electron chi connectivity index (χ0n) is 11.9. The van der Waals surface area contributed by atoms with Gasteiger partial charge in [0.05, 0.1) is 12.1 Å². The molecule has 3 rings (SSSR count). The van der Waals surface area contributed by atoms with Crippen molar-refractivity contribution in [2.75, 3.05) is 13.2 Å². The van der Waals surface area contributed by atoms with Crippen molar-refractivity contribution in [3.63, 3.8) is 0 Å². The maximum atomic E-state index is 12.4. The first-order valence-electron chi connectivity index (χ1n) is 7.40. The van der Waals surface area contributed by atoms with Crippen LogP contribution in [0.4, 0.5) is 13.2 Å². The summed E-state index contributed by atoms with van der Waals surface area (Å²) in [6, 6.07) is 2.10. The van der Waals surface area contributed by atoms with Gasteiger partial charge in [0.1, 0.15) is 6.61 Å². The number of fused-ring (bicyclic) bond motifs is 1. The first-order valence-corrected chi connectivity index (χ1v) is 7.40. The van der Waals surface area contributed by atoms with Crippen molar-refractivity contribution in [2.45, 2.75) is 25.4 Å². The third-order valence-corrected chi connectivity index (χ3v) is 4.42. The number of nitrogens with one attached hydrogen (secondary N) is 1. The molecule has 4 nitrogen and oxygen atoms in total. The molecule has 0 radical (unpaired) electrons. The quantitative estimate of drug-likeness (QED) is 0.850. The number of rotatable bonds is 5. The molecular weight excluding hydrogens is 297 g/mol. The van der Waals surface area contributed by atoms with E-state index in [1.54, 1.807) is 0 Å². The first-order chi connectivity index (χ1) is 10.5. The monoisotopic (exact) mass is 314 g/mol. The van der Waals surface area contributed by atoms with E-state index in [0.717, 1.165) is 25.1 Å². The number of ether oxygens (including phenoxy) is 1. The second-order valence-corrected chi connectivity index (χ2v) is 5.81. The lowest BCUT2D eigenvalue weighted by atomic mass is 10.1. The molecule has 2 saturated carbocycles. The van der Waals surface area contributed by atoms with E-state index in [-0.39, 0.29) is 24.3 Å². The van der Waals surface area contributed by atoms with Crippen molar-refractivity contribution in [3.05, 3.63) is 23.9 Å². The van der Waals surface area contributed by atoms with Crippen LogP contribution in [0.1, 0.15) is 24.8 Å². The first kappa shape index (κ1) is 15.1. The highest BCUT2D eigenvalue weighted by Crippen LogP contribution is 2.57. The van der Waals surface area contributed by atoms with Crippen LogP contribution in [-0.4, -0.2) is 24.0 Å². The summed E-state index contributed by atoms with van der Waals surface area (Å²) in [7, 11) is 0. The van der Waals surface area contributed by atoms with Crippen LogP contribution in [-0.2, 0) is 11.0 Å². The Bertz CT molecular complexity index is 535. The van der Waals surface area contributed by atoms with E-state index in [9.17, 15) is 18.0 Å². The molecule has 2 unspecified atom stereocenters. The Morgan fingerprint density at radius 1 is 1.32 bits per heavy atom. The summed E-state index contributed by atoms with van der Waals surface area (Å²) in [4.78, 5) is 15.5. The van der Waals surface area contributed by atoms with E-state index >= 15 is 0 Å². The van der Waals surface area contributed by atoms with E-state index in [1.165, 1.54) is 12.5 Å². The maximum Gasteiger partial charge on any atom is 0.417 e. The van der Waals surface area contributed by atoms with Gasteiger partial charge in [-0.25, -0.2) is 4.98 Å². The lowest BCUT2D eigenvalue weighted by Gasteiger charge is -2.09. The fraction of sp³-hybridized carbons (Fsp3) is 0.600. The highest BCUT2D eigenvalue weighted by atomic mass is 19.4. The van der Waals surface area contributed by atoms with Gasteiger partial charge in [0, 0.05) is 18.2 Å². The van der Waals surface area contributed by atoms with Gasteiger partial charge in [-0.1, -0.05) is 6.42 Å². The lowest BCUT2D eigenvalue weighted by molar-refractivity contribution is -0.137. The Morgan fingerprint density at radius 2 is 2.05 bits per heavy atom. The topological polar surface area (TPSA) is 51.2 Å². The van der Waals surface area contributed by atoms with Gasteiger partial charge in [0.25, 0.3) is 0 Å². The molecule has 1 aromatic heterocycles. The van der Waals surface area contributed by atoms with E-state index in [1.807, 2.05) is 0 Å². The van der Waals surface area contributed by atoms with Gasteiger partial charge in [0.2, 0.25) is 11.8 Å². The molecule has 0 aromatic carbocycles. The molecule has 0 spiro atoms. The molecule has 0 saturated heterocycles. The predicted octanol–water partition coefficient (Wildman–Crippen LogP) is 2.64. The van der Waals surface area contributed by atoms with Crippen molar-refractivity contribution >= 4 is 5.91 Å². The van der Waals surface area contributed by atoms with Crippen LogP contribution >= 0.6 is 0 Å². The molecule has 2 fully saturated rings. The summed E-state index contributed by atoms with van der Waals surface area (Å²) in [5, 5.41) is 2.81. The highest BCUT2D eigenvalue weighted by molar-refractivity contribution is 5.82. The predicted molar refractivity (Wildman–Crippen MR) is 72.1 cm³/mol. The molecule has 7 heteroatoms. The number of pyridine rings is 1. The van der Waals surface area contributed by atoms with Gasteiger partial charge in [-0.2, -0.15) is 13.2 Å². The maximum absolute atomic E-state index is 12.4. The molecular formula is C15H17F3N2O2. The van der Waals surface area contributed by atoms with Gasteiger partial charge in [-0.05, 0) is 30.7 Å². The number of hydrogen-bond donors (Lipinski definition) is 1. The summed E-state index contributed by atoms with van der Waals surface area (Å²) in [6.07, 6.45) is -0.146. The van der Waals surface area contributed by atoms with Crippen LogP contribution in [0.3, 0.4) is 0 Å². The van der Waals surface area contributed by atoms with E-state index < -0.39 is 11.7 Å². The standard InChI is InChI=1S/C15H17F3N2O2/c16-15(17,18)9-4-5-12(20-8-9)22-7-6-19-14(21)13-10-2-1-3-11(10)13/h4-5,8,10-11,13H,1-3,6-7H2,(H,19,21). The lowest BCUT2D eigenvalue weighted by Crippen LogP contribution is -2.30. The number of nitrogens with zero attached hydrogens (tertiary/aromatic N) is 1. The third-order valence-electron chi connectivity index (χ3n) is 4.42. The zero-order chi connectivity index (χ0) is 15.7. The zero-order valence-corrected chi connectivity index (χ0v) is 11.9. The average Bonchev–Trinajstić information content (AvgIpc) is 2.96. The van der Waals surface area contributed by atoms with Gasteiger partial charge >= 0.3 is 6.18 Å². The van der Waals surface area contributed by atoms with Crippen LogP contribution in [0.5, 0.6) is 5.88 Å². The fourth-order valence-corrected chi connectivity index (χ4v) is 3.29. The molecule has 1 amide bonds. The molecule has 0 aliphatic heterocycles. The van der Waals surface area contributed by atoms with Crippen molar-refractivity contribution in [1.82, 2.24) is 10.3 Å². The van der Waals surface area contributed by atoms with Gasteiger partial charge in [-0.15, -0.1) is 0 Å². The number of halogens is 3. The molecule has 2 aliphatic carbocycles. The van der Waals surface area contributed by atoms with Crippen LogP contribution in [0.15, 0.2) is 18.3 Å². The summed E-state index contributed by atoms with van der Waals surface area (Å²) in [6.45, 7) is 0.517. The largest absolute Gasteiger partial charge is 0.476 e. The van der Waals surface area contributed by atoms with Crippen molar-refractivity contribution in [2.24, 2.45) is 17.8 Å². The van der Waals surface area contributed by atoms with Gasteiger partial charge < -0.3 is 10.1 Å². The average molecular weight is 314 g/mol. The fourth-order valence-electron chi connectivity index (χ4n) is 3.29. The Hall–Kier alpha value is -1.79. The van der Waals surface area contributed by atoms with E-state index in [2.05, 4.69) is 10.3 Å². The molecule has 0 bridgehead atoms. The summed E-state index contributed by atoms with van der Waals surface area (Å²) in [5.74, 6) is 1.48. The normalized spacial score (nSPS) is 26.4. The second kappa shape index (κ2) is 5.78. The minimum atomic E-state index is -4.40. The molecule has 2 aliphatic rings. The number of alkyl halides is 3. The molecule has 2 atom stereocenters. The molecule has 22 heavy (non-hydrogen) atoms. The van der Waals surface area contributed by atoms with Crippen LogP contribution < -0.4 is 10.1 Å². The number of carbonyl (C=O) groups excluding carboxylic acids is 1. The highest BCUT2D eigenvalue weighted by Gasteiger charge is 2.56. The van der Waals surface area contributed by atoms with Gasteiger partial charge in [0.15, 0.2) is 0 Å². The Balaban J connectivity index is 1.37. The second-order valence-electron chi connectivity index (χ2n) is 5.81. The van der Waals surface area contributed by atoms with E-state index in [4.69, 9.17) is 4.74 Å².